The molecular weight excluding hydrogens is 533 g/mol. The lowest BCUT2D eigenvalue weighted by Gasteiger charge is -2.16. The predicted molar refractivity (Wildman–Crippen MR) is 139 cm³/mol. The van der Waals surface area contributed by atoms with E-state index < -0.39 is 15.7 Å². The van der Waals surface area contributed by atoms with Crippen LogP contribution < -0.4 is 14.8 Å². The van der Waals surface area contributed by atoms with E-state index in [-0.39, 0.29) is 38.7 Å². The first kappa shape index (κ1) is 27.1. The van der Waals surface area contributed by atoms with E-state index in [1.165, 1.54) is 18.2 Å². The summed E-state index contributed by atoms with van der Waals surface area (Å²) in [6, 6.07) is 12.7. The molecule has 0 bridgehead atoms. The Morgan fingerprint density at radius 2 is 1.71 bits per heavy atom. The van der Waals surface area contributed by atoms with E-state index in [0.717, 1.165) is 17.6 Å². The highest BCUT2D eigenvalue weighted by Gasteiger charge is 2.18. The molecule has 0 unspecified atom stereocenters. The highest BCUT2D eigenvalue weighted by molar-refractivity contribution is 7.90. The Balaban J connectivity index is 1.81. The average Bonchev–Trinajstić information content (AvgIpc) is 2.80. The number of carbonyl (C=O) groups is 1. The summed E-state index contributed by atoms with van der Waals surface area (Å²) in [5, 5.41) is 3.32. The summed E-state index contributed by atoms with van der Waals surface area (Å²) in [6.07, 6.45) is 1.07. The van der Waals surface area contributed by atoms with Crippen LogP contribution in [-0.2, 0) is 16.4 Å². The van der Waals surface area contributed by atoms with Crippen molar-refractivity contribution in [3.63, 3.8) is 0 Å². The minimum Gasteiger partial charge on any atom is -0.496 e. The Morgan fingerprint density at radius 1 is 1.00 bits per heavy atom. The second kappa shape index (κ2) is 11.1. The smallest absolute Gasteiger partial charge is 0.253 e. The van der Waals surface area contributed by atoms with Crippen LogP contribution in [0.2, 0.25) is 15.1 Å². The molecule has 10 heteroatoms. The Bertz CT molecular complexity index is 1370. The number of hydrogen-bond acceptors (Lipinski definition) is 5. The molecule has 3 aromatic carbocycles. The average molecular weight is 557 g/mol. The molecule has 186 valence electrons. The molecule has 0 aromatic heterocycles. The first-order chi connectivity index (χ1) is 16.4. The molecule has 0 saturated heterocycles. The third kappa shape index (κ3) is 6.41. The molecule has 0 aliphatic carbocycles. The summed E-state index contributed by atoms with van der Waals surface area (Å²) in [4.78, 5) is 12.7. The first-order valence-corrected chi connectivity index (χ1v) is 13.5. The molecule has 0 spiro atoms. The number of ether oxygens (including phenoxy) is 2. The zero-order valence-corrected chi connectivity index (χ0v) is 22.6. The fourth-order valence-electron chi connectivity index (χ4n) is 3.33. The first-order valence-electron chi connectivity index (χ1n) is 10.5. The van der Waals surface area contributed by atoms with E-state index in [4.69, 9.17) is 44.3 Å². The molecule has 0 aliphatic heterocycles. The van der Waals surface area contributed by atoms with Crippen LogP contribution in [0.4, 0.5) is 0 Å². The van der Waals surface area contributed by atoms with E-state index in [1.807, 2.05) is 26.0 Å². The number of nitrogens with one attached hydrogen (secondary N) is 1. The minimum atomic E-state index is -3.44. The molecular formula is C25H24Cl3NO5S. The number of benzene rings is 3. The van der Waals surface area contributed by atoms with Crippen molar-refractivity contribution in [3.8, 4) is 17.2 Å². The van der Waals surface area contributed by atoms with Gasteiger partial charge in [-0.15, -0.1) is 0 Å². The van der Waals surface area contributed by atoms with Crippen molar-refractivity contribution in [1.29, 1.82) is 0 Å². The predicted octanol–water partition coefficient (Wildman–Crippen LogP) is 6.90. The summed E-state index contributed by atoms with van der Waals surface area (Å²) in [6.45, 7) is 4.16. The highest BCUT2D eigenvalue weighted by Crippen LogP contribution is 2.40. The molecule has 1 N–H and O–H groups in total. The van der Waals surface area contributed by atoms with Crippen LogP contribution in [-0.4, -0.2) is 27.7 Å². The molecule has 0 atom stereocenters. The summed E-state index contributed by atoms with van der Waals surface area (Å²) in [5.41, 5.74) is 1.68. The lowest BCUT2D eigenvalue weighted by Crippen LogP contribution is -2.23. The third-order valence-corrected chi connectivity index (χ3v) is 7.36. The normalized spacial score (nSPS) is 11.4. The number of rotatable bonds is 8. The number of sulfone groups is 1. The molecule has 0 radical (unpaired) electrons. The zero-order valence-electron chi connectivity index (χ0n) is 19.5. The molecule has 3 rings (SSSR count). The van der Waals surface area contributed by atoms with Crippen LogP contribution in [0.15, 0.2) is 53.4 Å². The van der Waals surface area contributed by atoms with Gasteiger partial charge in [-0.3, -0.25) is 4.79 Å². The SMILES string of the molecule is COc1ccc(Oc2c(Cl)ccc(CNC(=O)c3ccc(S(C)(=O)=O)cc3Cl)c2Cl)cc1C(C)C. The van der Waals surface area contributed by atoms with Crippen LogP contribution in [0.1, 0.15) is 41.3 Å². The van der Waals surface area contributed by atoms with Crippen molar-refractivity contribution in [2.24, 2.45) is 0 Å². The van der Waals surface area contributed by atoms with Gasteiger partial charge in [-0.2, -0.15) is 0 Å². The van der Waals surface area contributed by atoms with Gasteiger partial charge in [0.05, 0.1) is 32.6 Å². The van der Waals surface area contributed by atoms with E-state index >= 15 is 0 Å². The van der Waals surface area contributed by atoms with Crippen LogP contribution in [0.25, 0.3) is 0 Å². The number of carbonyl (C=O) groups excluding carboxylic acids is 1. The second-order valence-electron chi connectivity index (χ2n) is 8.11. The van der Waals surface area contributed by atoms with Gasteiger partial charge in [-0.25, -0.2) is 8.42 Å². The summed E-state index contributed by atoms with van der Waals surface area (Å²) >= 11 is 19.1. The minimum absolute atomic E-state index is 0.0251. The lowest BCUT2D eigenvalue weighted by atomic mass is 10.0. The number of halogens is 3. The largest absolute Gasteiger partial charge is 0.496 e. The maximum atomic E-state index is 12.7. The Kier molecular flexibility index (Phi) is 8.59. The van der Waals surface area contributed by atoms with E-state index in [1.54, 1.807) is 25.3 Å². The van der Waals surface area contributed by atoms with Gasteiger partial charge in [0, 0.05) is 18.4 Å². The highest BCUT2D eigenvalue weighted by atomic mass is 35.5. The molecule has 0 heterocycles. The number of hydrogen-bond donors (Lipinski definition) is 1. The van der Waals surface area contributed by atoms with Crippen molar-refractivity contribution in [2.45, 2.75) is 31.2 Å². The standard InChI is InChI=1S/C25H24Cl3NO5S/c1-14(2)19-11-16(6-10-22(19)33-3)34-24-20(26)9-5-15(23(24)28)13-29-25(30)18-8-7-17(12-21(18)27)35(4,31)32/h5-12,14H,13H2,1-4H3,(H,29,30). The van der Waals surface area contributed by atoms with E-state index in [0.29, 0.717) is 16.3 Å². The van der Waals surface area contributed by atoms with Gasteiger partial charge in [0.1, 0.15) is 11.5 Å². The maximum absolute atomic E-state index is 12.7. The van der Waals surface area contributed by atoms with Crippen LogP contribution in [0.5, 0.6) is 17.2 Å². The topological polar surface area (TPSA) is 81.7 Å². The summed E-state index contributed by atoms with van der Waals surface area (Å²) in [5.74, 6) is 1.27. The molecule has 35 heavy (non-hydrogen) atoms. The van der Waals surface area contributed by atoms with Crippen molar-refractivity contribution in [3.05, 3.63) is 80.3 Å². The van der Waals surface area contributed by atoms with Gasteiger partial charge in [0.15, 0.2) is 15.6 Å². The molecule has 6 nitrogen and oxygen atoms in total. The molecule has 0 aliphatic rings. The zero-order chi connectivity index (χ0) is 25.9. The number of amides is 1. The van der Waals surface area contributed by atoms with E-state index in [2.05, 4.69) is 5.32 Å². The van der Waals surface area contributed by atoms with Gasteiger partial charge in [0.2, 0.25) is 0 Å². The Morgan fingerprint density at radius 3 is 2.31 bits per heavy atom. The van der Waals surface area contributed by atoms with Gasteiger partial charge in [-0.05, 0) is 53.9 Å². The molecule has 1 amide bonds. The summed E-state index contributed by atoms with van der Waals surface area (Å²) in [7, 11) is -1.83. The second-order valence-corrected chi connectivity index (χ2v) is 11.3. The third-order valence-electron chi connectivity index (χ3n) is 5.22. The van der Waals surface area contributed by atoms with Gasteiger partial charge in [0.25, 0.3) is 5.91 Å². The van der Waals surface area contributed by atoms with Crippen LogP contribution in [0.3, 0.4) is 0 Å². The van der Waals surface area contributed by atoms with Gasteiger partial charge < -0.3 is 14.8 Å². The molecule has 0 fully saturated rings. The van der Waals surface area contributed by atoms with Crippen LogP contribution >= 0.6 is 34.8 Å². The Labute approximate surface area is 220 Å². The van der Waals surface area contributed by atoms with Gasteiger partial charge in [-0.1, -0.05) is 54.7 Å². The van der Waals surface area contributed by atoms with Crippen molar-refractivity contribution < 1.29 is 22.7 Å². The molecule has 0 saturated carbocycles. The lowest BCUT2D eigenvalue weighted by molar-refractivity contribution is 0.0951. The van der Waals surface area contributed by atoms with Gasteiger partial charge >= 0.3 is 0 Å². The van der Waals surface area contributed by atoms with E-state index in [9.17, 15) is 13.2 Å². The molecule has 3 aromatic rings. The van der Waals surface area contributed by atoms with Crippen molar-refractivity contribution >= 4 is 50.5 Å². The fraction of sp³-hybridized carbons (Fsp3) is 0.240. The number of methoxy groups -OCH3 is 1. The monoisotopic (exact) mass is 555 g/mol. The fourth-order valence-corrected chi connectivity index (χ4v) is 4.82. The maximum Gasteiger partial charge on any atom is 0.253 e. The quantitative estimate of drug-likeness (QED) is 0.326. The Hall–Kier alpha value is -2.45. The summed E-state index contributed by atoms with van der Waals surface area (Å²) < 4.78 is 34.8. The van der Waals surface area contributed by atoms with Crippen molar-refractivity contribution in [2.75, 3.05) is 13.4 Å². The van der Waals surface area contributed by atoms with Crippen molar-refractivity contribution in [1.82, 2.24) is 5.32 Å². The van der Waals surface area contributed by atoms with Crippen LogP contribution in [0, 0.1) is 0 Å².